The van der Waals surface area contributed by atoms with Gasteiger partial charge in [-0.2, -0.15) is 15.0 Å². The quantitative estimate of drug-likeness (QED) is 0.213. The second kappa shape index (κ2) is 5.38. The number of nitrogen functional groups attached to an aromatic ring is 2. The molecule has 0 saturated heterocycles. The number of nitrogens with two attached hydrogens (primary N) is 2. The van der Waals surface area contributed by atoms with Crippen molar-refractivity contribution in [1.29, 1.82) is 0 Å². The van der Waals surface area contributed by atoms with Gasteiger partial charge in [-0.25, -0.2) is 4.98 Å². The first kappa shape index (κ1) is 15.0. The van der Waals surface area contributed by atoms with Crippen LogP contribution in [0, 0.1) is 0 Å². The summed E-state index contributed by atoms with van der Waals surface area (Å²) in [6.07, 6.45) is 1.52. The minimum Gasteiger partial charge on any atom is -0.480 e. The Balaban J connectivity index is 0.000000141. The summed E-state index contributed by atoms with van der Waals surface area (Å²) >= 11 is 0. The van der Waals surface area contributed by atoms with Crippen LogP contribution in [0.15, 0.2) is 15.9 Å². The van der Waals surface area contributed by atoms with E-state index in [4.69, 9.17) is 16.6 Å². The molecular weight excluding hydrogens is 320 g/mol. The van der Waals surface area contributed by atoms with Crippen LogP contribution in [0.3, 0.4) is 0 Å². The minimum atomic E-state index is -0.453. The average molecular weight is 332 g/mol. The van der Waals surface area contributed by atoms with Gasteiger partial charge in [0.25, 0.3) is 17.1 Å². The number of imidazole rings is 2. The van der Waals surface area contributed by atoms with Crippen LogP contribution in [-0.2, 0) is 7.05 Å². The van der Waals surface area contributed by atoms with Crippen molar-refractivity contribution in [2.45, 2.75) is 0 Å². The number of anilines is 2. The van der Waals surface area contributed by atoms with Gasteiger partial charge < -0.3 is 26.1 Å². The molecule has 0 unspecified atom stereocenters. The predicted octanol–water partition coefficient (Wildman–Crippen LogP) is -1.83. The highest BCUT2D eigenvalue weighted by Crippen LogP contribution is 2.07. The molecule has 0 radical (unpaired) electrons. The number of nitrogens with zero attached hydrogens (tertiary/aromatic N) is 5. The molecule has 0 aromatic carbocycles. The van der Waals surface area contributed by atoms with E-state index in [1.807, 2.05) is 0 Å². The first-order valence-electron chi connectivity index (χ1n) is 6.46. The molecule has 0 spiro atoms. The molecular formula is C11H12N10O3. The van der Waals surface area contributed by atoms with Crippen LogP contribution in [0.1, 0.15) is 0 Å². The Morgan fingerprint density at radius 3 is 2.33 bits per heavy atom. The molecule has 13 nitrogen and oxygen atoms in total. The molecule has 4 heterocycles. The summed E-state index contributed by atoms with van der Waals surface area (Å²) < 4.78 is 1.60. The average Bonchev–Trinajstić information content (AvgIpc) is 3.02. The van der Waals surface area contributed by atoms with Crippen LogP contribution < -0.4 is 22.6 Å². The Bertz CT molecular complexity index is 1140. The molecule has 4 aromatic heterocycles. The van der Waals surface area contributed by atoms with Gasteiger partial charge in [0.15, 0.2) is 22.3 Å². The highest BCUT2D eigenvalue weighted by molar-refractivity contribution is 5.71. The third-order valence-corrected chi connectivity index (χ3v) is 2.97. The van der Waals surface area contributed by atoms with Crippen LogP contribution in [0.4, 0.5) is 11.9 Å². The third-order valence-electron chi connectivity index (χ3n) is 2.97. The number of rotatable bonds is 0. The number of aromatic hydroxyl groups is 1. The van der Waals surface area contributed by atoms with E-state index >= 15 is 0 Å². The topological polar surface area (TPSA) is 210 Å². The first-order chi connectivity index (χ1) is 11.3. The maximum absolute atomic E-state index is 11.2. The normalized spacial score (nSPS) is 10.7. The molecule has 4 aromatic rings. The zero-order chi connectivity index (χ0) is 17.4. The Morgan fingerprint density at radius 2 is 1.62 bits per heavy atom. The second-order valence-electron chi connectivity index (χ2n) is 4.69. The summed E-state index contributed by atoms with van der Waals surface area (Å²) in [5.74, 6) is 0.0604. The lowest BCUT2D eigenvalue weighted by Gasteiger charge is -1.93. The van der Waals surface area contributed by atoms with Crippen molar-refractivity contribution in [3.05, 3.63) is 27.0 Å². The van der Waals surface area contributed by atoms with E-state index < -0.39 is 5.56 Å². The fourth-order valence-corrected chi connectivity index (χ4v) is 1.99. The molecule has 0 atom stereocenters. The van der Waals surface area contributed by atoms with E-state index in [0.717, 1.165) is 0 Å². The van der Waals surface area contributed by atoms with Gasteiger partial charge in [0.2, 0.25) is 11.9 Å². The number of fused-ring (bicyclic) bond motifs is 2. The van der Waals surface area contributed by atoms with Crippen molar-refractivity contribution in [2.75, 3.05) is 11.5 Å². The SMILES string of the molecule is Cn1cnc2nc(N)[nH]c(=O)c21.Nc1nc2nc(O)[nH]c2c(=O)[nH]1. The lowest BCUT2D eigenvalue weighted by Crippen LogP contribution is -2.13. The van der Waals surface area contributed by atoms with Gasteiger partial charge >= 0.3 is 0 Å². The molecule has 0 amide bonds. The summed E-state index contributed by atoms with van der Waals surface area (Å²) in [7, 11) is 1.72. The van der Waals surface area contributed by atoms with Gasteiger partial charge in [0.1, 0.15) is 0 Å². The molecule has 8 N–H and O–H groups in total. The van der Waals surface area contributed by atoms with Gasteiger partial charge in [0.05, 0.1) is 6.33 Å². The highest BCUT2D eigenvalue weighted by atomic mass is 16.3. The summed E-state index contributed by atoms with van der Waals surface area (Å²) in [4.78, 5) is 44.2. The zero-order valence-corrected chi connectivity index (χ0v) is 12.2. The van der Waals surface area contributed by atoms with Crippen molar-refractivity contribution in [3.8, 4) is 6.01 Å². The van der Waals surface area contributed by atoms with Crippen molar-refractivity contribution in [2.24, 2.45) is 7.05 Å². The van der Waals surface area contributed by atoms with E-state index in [0.29, 0.717) is 11.2 Å². The molecule has 0 aliphatic carbocycles. The van der Waals surface area contributed by atoms with Gasteiger partial charge in [-0.1, -0.05) is 0 Å². The number of nitrogens with one attached hydrogen (secondary N) is 3. The van der Waals surface area contributed by atoms with Gasteiger partial charge in [-0.05, 0) is 0 Å². The van der Waals surface area contributed by atoms with Crippen LogP contribution in [0.25, 0.3) is 22.3 Å². The van der Waals surface area contributed by atoms with Crippen LogP contribution >= 0.6 is 0 Å². The molecule has 24 heavy (non-hydrogen) atoms. The third kappa shape index (κ3) is 2.60. The summed E-state index contributed by atoms with van der Waals surface area (Å²) in [5.41, 5.74) is 10.9. The maximum atomic E-state index is 11.2. The lowest BCUT2D eigenvalue weighted by atomic mass is 10.5. The maximum Gasteiger partial charge on any atom is 0.293 e. The van der Waals surface area contributed by atoms with Crippen molar-refractivity contribution >= 4 is 34.2 Å². The lowest BCUT2D eigenvalue weighted by molar-refractivity contribution is 0.438. The Kier molecular flexibility index (Phi) is 3.37. The van der Waals surface area contributed by atoms with E-state index in [1.54, 1.807) is 11.6 Å². The summed E-state index contributed by atoms with van der Waals surface area (Å²) in [5, 5.41) is 8.87. The highest BCUT2D eigenvalue weighted by Gasteiger charge is 2.07. The Hall–Kier alpha value is -3.90. The molecule has 124 valence electrons. The minimum absolute atomic E-state index is 0.0287. The van der Waals surface area contributed by atoms with E-state index in [9.17, 15) is 9.59 Å². The number of H-pyrrole nitrogens is 3. The van der Waals surface area contributed by atoms with E-state index in [1.165, 1.54) is 6.33 Å². The monoisotopic (exact) mass is 332 g/mol. The largest absolute Gasteiger partial charge is 0.480 e. The Morgan fingerprint density at radius 1 is 1.00 bits per heavy atom. The van der Waals surface area contributed by atoms with E-state index in [2.05, 4.69) is 34.9 Å². The molecule has 0 fully saturated rings. The van der Waals surface area contributed by atoms with Crippen molar-refractivity contribution in [3.63, 3.8) is 0 Å². The number of aromatic amines is 3. The number of aromatic nitrogens is 8. The fraction of sp³-hybridized carbons (Fsp3) is 0.0909. The van der Waals surface area contributed by atoms with Gasteiger partial charge in [-0.3, -0.25) is 19.6 Å². The Labute approximate surface area is 131 Å². The standard InChI is InChI=1S/C6H7N5O.C5H5N5O2/c1-11-2-8-4-3(11)5(12)10-6(7)9-4;6-4-8-2-1(3(11)10-4)7-5(12)9-2/h2H,1H3,(H3,7,9,10,12);(H5,6,7,8,9,10,11,12). The molecule has 0 saturated carbocycles. The zero-order valence-electron chi connectivity index (χ0n) is 12.2. The predicted molar refractivity (Wildman–Crippen MR) is 84.1 cm³/mol. The molecule has 0 aliphatic rings. The first-order valence-corrected chi connectivity index (χ1v) is 6.46. The van der Waals surface area contributed by atoms with Gasteiger partial charge in [0, 0.05) is 7.05 Å². The number of aryl methyl sites for hydroxylation is 1. The number of hydrogen-bond donors (Lipinski definition) is 6. The van der Waals surface area contributed by atoms with Crippen molar-refractivity contribution < 1.29 is 5.11 Å². The summed E-state index contributed by atoms with van der Waals surface area (Å²) in [6, 6.07) is -0.353. The molecule has 13 heteroatoms. The van der Waals surface area contributed by atoms with Gasteiger partial charge in [-0.15, -0.1) is 0 Å². The van der Waals surface area contributed by atoms with Crippen LogP contribution in [-0.4, -0.2) is 44.6 Å². The van der Waals surface area contributed by atoms with Crippen LogP contribution in [0.5, 0.6) is 6.01 Å². The smallest absolute Gasteiger partial charge is 0.293 e. The van der Waals surface area contributed by atoms with E-state index in [-0.39, 0.29) is 34.6 Å². The molecule has 0 aliphatic heterocycles. The fourth-order valence-electron chi connectivity index (χ4n) is 1.99. The second-order valence-corrected chi connectivity index (χ2v) is 4.69. The van der Waals surface area contributed by atoms with Crippen molar-refractivity contribution in [1.82, 2.24) is 39.5 Å². The van der Waals surface area contributed by atoms with Crippen LogP contribution in [0.2, 0.25) is 0 Å². The summed E-state index contributed by atoms with van der Waals surface area (Å²) in [6.45, 7) is 0. The molecule has 0 bridgehead atoms. The number of hydrogen-bond acceptors (Lipinski definition) is 9. The molecule has 4 rings (SSSR count).